The monoisotopic (exact) mass is 423 g/mol. The van der Waals surface area contributed by atoms with Crippen molar-refractivity contribution >= 4 is 28.5 Å². The number of nitrogens with zero attached hydrogens (tertiary/aromatic N) is 4. The summed E-state index contributed by atoms with van der Waals surface area (Å²) >= 11 is 6.49. The largest absolute Gasteiger partial charge is 0.360 e. The Labute approximate surface area is 179 Å². The van der Waals surface area contributed by atoms with Gasteiger partial charge >= 0.3 is 0 Å². The topological polar surface area (TPSA) is 60.0 Å². The first-order valence-corrected chi connectivity index (χ1v) is 10.2. The molecule has 30 heavy (non-hydrogen) atoms. The van der Waals surface area contributed by atoms with Gasteiger partial charge in [-0.15, -0.1) is 0 Å². The minimum absolute atomic E-state index is 0.243. The maximum absolute atomic E-state index is 13.6. The molecule has 7 heteroatoms. The third-order valence-corrected chi connectivity index (χ3v) is 5.40. The van der Waals surface area contributed by atoms with Gasteiger partial charge in [0.25, 0.3) is 0 Å². The summed E-state index contributed by atoms with van der Waals surface area (Å²) < 4.78 is 15.6. The van der Waals surface area contributed by atoms with Gasteiger partial charge in [-0.2, -0.15) is 0 Å². The van der Waals surface area contributed by atoms with Gasteiger partial charge in [-0.25, -0.2) is 14.4 Å². The standard InChI is InChI=1S/C23H23ClFN5/c1-29(9-3-8-26)23-12-19(20(24)13-27-23)17-6-7-21-22(11-17)30(15-28-21)14-16-4-2-5-18(25)10-16/h2,4-7,10-13,15H,3,8-9,14,26H2,1H3. The zero-order valence-corrected chi connectivity index (χ0v) is 17.5. The summed E-state index contributed by atoms with van der Waals surface area (Å²) in [5.41, 5.74) is 10.2. The van der Waals surface area contributed by atoms with Gasteiger partial charge in [-0.3, -0.25) is 0 Å². The summed E-state index contributed by atoms with van der Waals surface area (Å²) in [4.78, 5) is 11.0. The van der Waals surface area contributed by atoms with Crippen molar-refractivity contribution < 1.29 is 4.39 Å². The molecule has 5 nitrogen and oxygen atoms in total. The van der Waals surface area contributed by atoms with Gasteiger partial charge in [0.2, 0.25) is 0 Å². The molecule has 2 aromatic carbocycles. The summed E-state index contributed by atoms with van der Waals surface area (Å²) in [7, 11) is 1.99. The molecule has 0 bridgehead atoms. The Bertz CT molecular complexity index is 1170. The molecule has 154 valence electrons. The number of pyridine rings is 1. The van der Waals surface area contributed by atoms with Crippen LogP contribution in [0.2, 0.25) is 5.02 Å². The minimum Gasteiger partial charge on any atom is -0.360 e. The number of imidazole rings is 1. The van der Waals surface area contributed by atoms with E-state index in [-0.39, 0.29) is 5.82 Å². The van der Waals surface area contributed by atoms with E-state index in [9.17, 15) is 4.39 Å². The van der Waals surface area contributed by atoms with E-state index in [1.165, 1.54) is 6.07 Å². The summed E-state index contributed by atoms with van der Waals surface area (Å²) in [6.07, 6.45) is 4.35. The second-order valence-electron chi connectivity index (χ2n) is 7.29. The number of aromatic nitrogens is 3. The lowest BCUT2D eigenvalue weighted by atomic mass is 10.1. The SMILES string of the molecule is CN(CCCN)c1cc(-c2ccc3ncn(Cc4cccc(F)c4)c3c2)c(Cl)cn1. The maximum atomic E-state index is 13.6. The molecule has 0 aliphatic rings. The van der Waals surface area contributed by atoms with E-state index in [1.54, 1.807) is 24.7 Å². The van der Waals surface area contributed by atoms with Gasteiger partial charge in [0.15, 0.2) is 0 Å². The van der Waals surface area contributed by atoms with Crippen LogP contribution in [0.5, 0.6) is 0 Å². The Balaban J connectivity index is 1.70. The molecule has 0 aliphatic carbocycles. The number of rotatable bonds is 7. The molecule has 0 atom stereocenters. The first-order valence-electron chi connectivity index (χ1n) is 9.81. The molecule has 0 amide bonds. The number of fused-ring (bicyclic) bond motifs is 1. The molecule has 4 rings (SSSR count). The summed E-state index contributed by atoms with van der Waals surface area (Å²) in [5.74, 6) is 0.601. The van der Waals surface area contributed by atoms with Crippen LogP contribution in [0.3, 0.4) is 0 Å². The molecule has 0 unspecified atom stereocenters. The molecule has 0 aliphatic heterocycles. The Hall–Kier alpha value is -2.96. The smallest absolute Gasteiger partial charge is 0.128 e. The van der Waals surface area contributed by atoms with Gasteiger partial charge in [0.1, 0.15) is 11.6 Å². The van der Waals surface area contributed by atoms with Crippen LogP contribution in [0.25, 0.3) is 22.2 Å². The highest BCUT2D eigenvalue weighted by molar-refractivity contribution is 6.33. The number of nitrogens with two attached hydrogens (primary N) is 1. The van der Waals surface area contributed by atoms with Crippen molar-refractivity contribution in [3.8, 4) is 11.1 Å². The quantitative estimate of drug-likeness (QED) is 0.467. The molecular formula is C23H23ClFN5. The third kappa shape index (κ3) is 4.30. The molecule has 0 saturated carbocycles. The Kier molecular flexibility index (Phi) is 5.97. The van der Waals surface area contributed by atoms with Gasteiger partial charge in [-0.05, 0) is 54.4 Å². The molecular weight excluding hydrogens is 401 g/mol. The van der Waals surface area contributed by atoms with Crippen LogP contribution in [0, 0.1) is 5.82 Å². The van der Waals surface area contributed by atoms with Crippen molar-refractivity contribution in [3.63, 3.8) is 0 Å². The highest BCUT2D eigenvalue weighted by Crippen LogP contribution is 2.32. The molecule has 2 N–H and O–H groups in total. The zero-order valence-electron chi connectivity index (χ0n) is 16.7. The number of hydrogen-bond acceptors (Lipinski definition) is 4. The molecule has 2 aromatic heterocycles. The predicted octanol–water partition coefficient (Wildman–Crippen LogP) is 4.72. The van der Waals surface area contributed by atoms with Crippen molar-refractivity contribution in [1.82, 2.24) is 14.5 Å². The predicted molar refractivity (Wildman–Crippen MR) is 120 cm³/mol. The number of hydrogen-bond donors (Lipinski definition) is 1. The molecule has 0 saturated heterocycles. The van der Waals surface area contributed by atoms with E-state index in [0.717, 1.165) is 46.5 Å². The van der Waals surface area contributed by atoms with Gasteiger partial charge in [-0.1, -0.05) is 29.8 Å². The fourth-order valence-electron chi connectivity index (χ4n) is 3.48. The highest BCUT2D eigenvalue weighted by atomic mass is 35.5. The maximum Gasteiger partial charge on any atom is 0.128 e. The molecule has 2 heterocycles. The lowest BCUT2D eigenvalue weighted by molar-refractivity contribution is 0.624. The number of anilines is 1. The van der Waals surface area contributed by atoms with Crippen LogP contribution in [0.4, 0.5) is 10.2 Å². The first-order chi connectivity index (χ1) is 14.5. The van der Waals surface area contributed by atoms with E-state index >= 15 is 0 Å². The lowest BCUT2D eigenvalue weighted by Gasteiger charge is -2.19. The van der Waals surface area contributed by atoms with Crippen LogP contribution >= 0.6 is 11.6 Å². The van der Waals surface area contributed by atoms with Crippen LogP contribution in [-0.4, -0.2) is 34.7 Å². The molecule has 0 spiro atoms. The fourth-order valence-corrected chi connectivity index (χ4v) is 3.70. The number of benzene rings is 2. The van der Waals surface area contributed by atoms with E-state index in [2.05, 4.69) is 20.9 Å². The average Bonchev–Trinajstić information content (AvgIpc) is 3.14. The third-order valence-electron chi connectivity index (χ3n) is 5.10. The minimum atomic E-state index is -0.243. The van der Waals surface area contributed by atoms with Crippen molar-refractivity contribution in [1.29, 1.82) is 0 Å². The van der Waals surface area contributed by atoms with Crippen molar-refractivity contribution in [3.05, 3.63) is 77.5 Å². The second-order valence-corrected chi connectivity index (χ2v) is 7.70. The van der Waals surface area contributed by atoms with E-state index in [1.807, 2.05) is 35.9 Å². The average molecular weight is 424 g/mol. The van der Waals surface area contributed by atoms with Crippen molar-refractivity contribution in [2.75, 3.05) is 25.0 Å². The van der Waals surface area contributed by atoms with Gasteiger partial charge < -0.3 is 15.2 Å². The summed E-state index contributed by atoms with van der Waals surface area (Å²) in [5, 5.41) is 0.585. The highest BCUT2D eigenvalue weighted by Gasteiger charge is 2.12. The van der Waals surface area contributed by atoms with E-state index in [4.69, 9.17) is 17.3 Å². The summed E-state index contributed by atoms with van der Waals surface area (Å²) in [6, 6.07) is 14.6. The Morgan fingerprint density at radius 3 is 2.80 bits per heavy atom. The molecule has 0 radical (unpaired) electrons. The van der Waals surface area contributed by atoms with E-state index in [0.29, 0.717) is 18.1 Å². The van der Waals surface area contributed by atoms with E-state index < -0.39 is 0 Å². The first kappa shape index (κ1) is 20.3. The normalized spacial score (nSPS) is 11.2. The fraction of sp³-hybridized carbons (Fsp3) is 0.217. The van der Waals surface area contributed by atoms with Gasteiger partial charge in [0.05, 0.1) is 22.4 Å². The van der Waals surface area contributed by atoms with Gasteiger partial charge in [0, 0.05) is 31.9 Å². The van der Waals surface area contributed by atoms with Crippen LogP contribution in [-0.2, 0) is 6.54 Å². The Morgan fingerprint density at radius 1 is 1.13 bits per heavy atom. The van der Waals surface area contributed by atoms with Crippen molar-refractivity contribution in [2.45, 2.75) is 13.0 Å². The van der Waals surface area contributed by atoms with Crippen LogP contribution < -0.4 is 10.6 Å². The molecule has 4 aromatic rings. The second kappa shape index (κ2) is 8.81. The van der Waals surface area contributed by atoms with Crippen molar-refractivity contribution in [2.24, 2.45) is 5.73 Å². The molecule has 0 fully saturated rings. The lowest BCUT2D eigenvalue weighted by Crippen LogP contribution is -2.21. The Morgan fingerprint density at radius 2 is 2.00 bits per heavy atom. The van der Waals surface area contributed by atoms with Crippen LogP contribution in [0.15, 0.2) is 61.1 Å². The zero-order chi connectivity index (χ0) is 21.1. The summed E-state index contributed by atoms with van der Waals surface area (Å²) in [6.45, 7) is 2.00. The number of halogens is 2. The van der Waals surface area contributed by atoms with Crippen LogP contribution in [0.1, 0.15) is 12.0 Å².